The molecule has 3 amide bonds. The van der Waals surface area contributed by atoms with E-state index < -0.39 is 12.0 Å². The zero-order chi connectivity index (χ0) is 28.7. The van der Waals surface area contributed by atoms with Crippen molar-refractivity contribution in [2.24, 2.45) is 5.73 Å². The van der Waals surface area contributed by atoms with Crippen molar-refractivity contribution in [2.75, 3.05) is 38.0 Å². The van der Waals surface area contributed by atoms with Crippen molar-refractivity contribution >= 4 is 17.6 Å². The largest absolute Gasteiger partial charge is 0.507 e. The summed E-state index contributed by atoms with van der Waals surface area (Å²) in [7, 11) is 0. The molecule has 9 heteroatoms. The van der Waals surface area contributed by atoms with Gasteiger partial charge < -0.3 is 36.8 Å². The molecule has 1 aliphatic heterocycles. The molecular formula is C31H47N5O4. The molecule has 2 aromatic carbocycles. The van der Waals surface area contributed by atoms with Crippen LogP contribution in [0, 0.1) is 0 Å². The second-order valence-corrected chi connectivity index (χ2v) is 10.7. The summed E-state index contributed by atoms with van der Waals surface area (Å²) in [4.78, 5) is 25.8. The van der Waals surface area contributed by atoms with Crippen LogP contribution in [-0.4, -0.2) is 65.8 Å². The fourth-order valence-corrected chi connectivity index (χ4v) is 4.99. The number of rotatable bonds is 16. The number of aromatic hydroxyl groups is 1. The van der Waals surface area contributed by atoms with Crippen LogP contribution in [0.2, 0.25) is 0 Å². The summed E-state index contributed by atoms with van der Waals surface area (Å²) in [5.74, 6) is -0.925. The zero-order valence-corrected chi connectivity index (χ0v) is 23.8. The van der Waals surface area contributed by atoms with Crippen LogP contribution in [-0.2, 0) is 6.42 Å². The Kier molecular flexibility index (Phi) is 13.1. The fourth-order valence-electron chi connectivity index (χ4n) is 4.99. The van der Waals surface area contributed by atoms with E-state index in [9.17, 15) is 19.8 Å². The standard InChI is InChI=1S/C31H47N5O4/c1-2-3-4-5-6-7-17-34-31(40)36-19-15-26(16-20-36)35-25-11-8-23(9-12-25)14-18-33-22-29(38)24-10-13-28(37)27(21-24)30(32)39/h8-13,21,26,29,33,35,37-38H,2-7,14-20,22H2,1H3,(H2,32,39)(H,34,40)/t29-/m1/s1. The first-order valence-corrected chi connectivity index (χ1v) is 14.8. The van der Waals surface area contributed by atoms with Gasteiger partial charge in [-0.15, -0.1) is 0 Å². The van der Waals surface area contributed by atoms with Crippen LogP contribution in [0.1, 0.15) is 85.9 Å². The SMILES string of the molecule is CCCCCCCCNC(=O)N1CCC(Nc2ccc(CCNC[C@@H](O)c3ccc(O)c(C(N)=O)c3)cc2)CC1. The molecule has 9 nitrogen and oxygen atoms in total. The average Bonchev–Trinajstić information content (AvgIpc) is 2.96. The Morgan fingerprint density at radius 3 is 2.40 bits per heavy atom. The number of nitrogens with one attached hydrogen (secondary N) is 3. The summed E-state index contributed by atoms with van der Waals surface area (Å²) in [6.45, 7) is 5.52. The second kappa shape index (κ2) is 16.7. The molecular weight excluding hydrogens is 506 g/mol. The lowest BCUT2D eigenvalue weighted by Gasteiger charge is -2.33. The smallest absolute Gasteiger partial charge is 0.317 e. The number of carbonyl (C=O) groups excluding carboxylic acids is 2. The summed E-state index contributed by atoms with van der Waals surface area (Å²) in [6.07, 6.45) is 9.20. The number of urea groups is 1. The highest BCUT2D eigenvalue weighted by atomic mass is 16.3. The lowest BCUT2D eigenvalue weighted by Crippen LogP contribution is -2.47. The van der Waals surface area contributed by atoms with E-state index in [1.54, 1.807) is 6.07 Å². The number of carbonyl (C=O) groups is 2. The van der Waals surface area contributed by atoms with Crippen LogP contribution in [0.4, 0.5) is 10.5 Å². The topological polar surface area (TPSA) is 140 Å². The van der Waals surface area contributed by atoms with Gasteiger partial charge in [0.25, 0.3) is 5.91 Å². The summed E-state index contributed by atoms with van der Waals surface area (Å²) in [6, 6.07) is 13.2. The van der Waals surface area contributed by atoms with E-state index in [-0.39, 0.29) is 17.3 Å². The number of aliphatic hydroxyl groups is 1. The van der Waals surface area contributed by atoms with E-state index in [4.69, 9.17) is 5.73 Å². The number of unbranched alkanes of at least 4 members (excludes halogenated alkanes) is 5. The summed E-state index contributed by atoms with van der Waals surface area (Å²) >= 11 is 0. The fraction of sp³-hybridized carbons (Fsp3) is 0.548. The first kappa shape index (κ1) is 31.2. The van der Waals surface area contributed by atoms with E-state index in [2.05, 4.69) is 47.1 Å². The van der Waals surface area contributed by atoms with Crippen molar-refractivity contribution in [3.8, 4) is 5.75 Å². The van der Waals surface area contributed by atoms with Gasteiger partial charge in [-0.25, -0.2) is 4.79 Å². The Balaban J connectivity index is 1.30. The lowest BCUT2D eigenvalue weighted by molar-refractivity contribution is 0.0997. The van der Waals surface area contributed by atoms with Crippen LogP contribution in [0.3, 0.4) is 0 Å². The highest BCUT2D eigenvalue weighted by Crippen LogP contribution is 2.22. The normalized spacial score (nSPS) is 14.6. The van der Waals surface area contributed by atoms with Gasteiger partial charge in [0.2, 0.25) is 0 Å². The molecule has 0 aliphatic carbocycles. The van der Waals surface area contributed by atoms with Gasteiger partial charge in [-0.1, -0.05) is 57.2 Å². The number of nitrogens with two attached hydrogens (primary N) is 1. The number of phenols is 1. The van der Waals surface area contributed by atoms with Gasteiger partial charge in [-0.2, -0.15) is 0 Å². The van der Waals surface area contributed by atoms with Gasteiger partial charge in [0.05, 0.1) is 11.7 Å². The van der Waals surface area contributed by atoms with Crippen molar-refractivity contribution in [2.45, 2.75) is 76.9 Å². The van der Waals surface area contributed by atoms with E-state index in [0.29, 0.717) is 24.7 Å². The summed E-state index contributed by atoms with van der Waals surface area (Å²) in [5.41, 5.74) is 8.05. The minimum atomic E-state index is -0.817. The number of nitrogens with zero attached hydrogens (tertiary/aromatic N) is 1. The molecule has 220 valence electrons. The zero-order valence-electron chi connectivity index (χ0n) is 23.8. The van der Waals surface area contributed by atoms with Crippen molar-refractivity contribution in [1.29, 1.82) is 0 Å². The molecule has 1 saturated heterocycles. The molecule has 0 aromatic heterocycles. The molecule has 0 bridgehead atoms. The molecule has 7 N–H and O–H groups in total. The van der Waals surface area contributed by atoms with Gasteiger partial charge in [-0.3, -0.25) is 4.79 Å². The van der Waals surface area contributed by atoms with Crippen LogP contribution in [0.5, 0.6) is 5.75 Å². The molecule has 1 aliphatic rings. The van der Waals surface area contributed by atoms with Crippen molar-refractivity contribution in [3.63, 3.8) is 0 Å². The highest BCUT2D eigenvalue weighted by Gasteiger charge is 2.22. The van der Waals surface area contributed by atoms with Crippen LogP contribution >= 0.6 is 0 Å². The van der Waals surface area contributed by atoms with Crippen LogP contribution in [0.15, 0.2) is 42.5 Å². The number of likely N-dealkylation sites (tertiary alicyclic amines) is 1. The third-order valence-electron chi connectivity index (χ3n) is 7.51. The Hall–Kier alpha value is -3.30. The van der Waals surface area contributed by atoms with Gasteiger partial charge in [-0.05, 0) is 67.6 Å². The summed E-state index contributed by atoms with van der Waals surface area (Å²) < 4.78 is 0. The maximum atomic E-state index is 12.5. The lowest BCUT2D eigenvalue weighted by atomic mass is 10.0. The maximum absolute atomic E-state index is 12.5. The second-order valence-electron chi connectivity index (χ2n) is 10.7. The van der Waals surface area contributed by atoms with Gasteiger partial charge in [0.1, 0.15) is 5.75 Å². The Labute approximate surface area is 238 Å². The van der Waals surface area contributed by atoms with Crippen LogP contribution in [0.25, 0.3) is 0 Å². The van der Waals surface area contributed by atoms with E-state index in [1.165, 1.54) is 49.8 Å². The number of hydrogen-bond donors (Lipinski definition) is 6. The number of benzene rings is 2. The van der Waals surface area contributed by atoms with Gasteiger partial charge >= 0.3 is 6.03 Å². The Morgan fingerprint density at radius 2 is 1.70 bits per heavy atom. The molecule has 0 unspecified atom stereocenters. The molecule has 3 rings (SSSR count). The molecule has 0 radical (unpaired) electrons. The number of anilines is 1. The maximum Gasteiger partial charge on any atom is 0.317 e. The molecule has 1 atom stereocenters. The quantitative estimate of drug-likeness (QED) is 0.171. The Morgan fingerprint density at radius 1 is 1.00 bits per heavy atom. The van der Waals surface area contributed by atoms with Gasteiger partial charge in [0, 0.05) is 37.9 Å². The predicted molar refractivity (Wildman–Crippen MR) is 160 cm³/mol. The van der Waals surface area contributed by atoms with E-state index in [1.807, 2.05) is 4.90 Å². The van der Waals surface area contributed by atoms with Crippen molar-refractivity contribution < 1.29 is 19.8 Å². The molecule has 0 saturated carbocycles. The third kappa shape index (κ3) is 10.4. The molecule has 1 fully saturated rings. The average molecular weight is 554 g/mol. The molecule has 40 heavy (non-hydrogen) atoms. The molecule has 1 heterocycles. The highest BCUT2D eigenvalue weighted by molar-refractivity contribution is 5.95. The number of amides is 3. The number of hydrogen-bond acceptors (Lipinski definition) is 6. The van der Waals surface area contributed by atoms with Crippen molar-refractivity contribution in [1.82, 2.24) is 15.5 Å². The van der Waals surface area contributed by atoms with E-state index >= 15 is 0 Å². The number of primary amides is 1. The van der Waals surface area contributed by atoms with Crippen molar-refractivity contribution in [3.05, 3.63) is 59.2 Å². The minimum Gasteiger partial charge on any atom is -0.507 e. The first-order valence-electron chi connectivity index (χ1n) is 14.8. The first-order chi connectivity index (χ1) is 19.4. The van der Waals surface area contributed by atoms with E-state index in [0.717, 1.165) is 51.0 Å². The van der Waals surface area contributed by atoms with Crippen LogP contribution < -0.4 is 21.7 Å². The molecule has 0 spiro atoms. The predicted octanol–water partition coefficient (Wildman–Crippen LogP) is 4.30. The monoisotopic (exact) mass is 553 g/mol. The molecule has 2 aromatic rings. The summed E-state index contributed by atoms with van der Waals surface area (Å²) in [5, 5.41) is 30.0. The number of piperidine rings is 1. The Bertz CT molecular complexity index is 1050. The van der Waals surface area contributed by atoms with Gasteiger partial charge in [0.15, 0.2) is 0 Å². The minimum absolute atomic E-state index is 0.0000944. The third-order valence-corrected chi connectivity index (χ3v) is 7.51. The number of aliphatic hydroxyl groups excluding tert-OH is 1.